The smallest absolute Gasteiger partial charge is 0.220 e. The maximum Gasteiger partial charge on any atom is 0.220 e. The monoisotopic (exact) mass is 255 g/mol. The van der Waals surface area contributed by atoms with Crippen molar-refractivity contribution in [1.82, 2.24) is 10.2 Å². The standard InChI is InChI=1S/C14H29N3O/c1-12(10-15)9-13(18)16-11-14(17(2)3)7-5-4-6-8-14/h12H,4-11,15H2,1-3H3,(H,16,18). The summed E-state index contributed by atoms with van der Waals surface area (Å²) in [5.41, 5.74) is 5.71. The Morgan fingerprint density at radius 2 is 1.94 bits per heavy atom. The third-order valence-electron chi connectivity index (χ3n) is 4.28. The molecular weight excluding hydrogens is 226 g/mol. The van der Waals surface area contributed by atoms with Crippen LogP contribution in [0.4, 0.5) is 0 Å². The number of amides is 1. The molecule has 1 saturated carbocycles. The van der Waals surface area contributed by atoms with Crippen LogP contribution in [0.25, 0.3) is 0 Å². The van der Waals surface area contributed by atoms with Gasteiger partial charge in [0.05, 0.1) is 0 Å². The summed E-state index contributed by atoms with van der Waals surface area (Å²) in [5.74, 6) is 0.409. The summed E-state index contributed by atoms with van der Waals surface area (Å²) in [7, 11) is 4.25. The van der Waals surface area contributed by atoms with Crippen molar-refractivity contribution in [3.8, 4) is 0 Å². The Kier molecular flexibility index (Phi) is 6.09. The third-order valence-corrected chi connectivity index (χ3v) is 4.28. The lowest BCUT2D eigenvalue weighted by atomic mass is 9.80. The lowest BCUT2D eigenvalue weighted by Crippen LogP contribution is -2.53. The first-order valence-electron chi connectivity index (χ1n) is 7.14. The maximum atomic E-state index is 11.8. The molecule has 1 aliphatic rings. The van der Waals surface area contributed by atoms with Crippen LogP contribution in [0.1, 0.15) is 45.4 Å². The molecule has 106 valence electrons. The molecule has 1 amide bonds. The lowest BCUT2D eigenvalue weighted by Gasteiger charge is -2.43. The van der Waals surface area contributed by atoms with E-state index in [1.807, 2.05) is 6.92 Å². The normalized spacial score (nSPS) is 20.7. The van der Waals surface area contributed by atoms with E-state index in [0.717, 1.165) is 6.54 Å². The minimum absolute atomic E-state index is 0.139. The first kappa shape index (κ1) is 15.4. The highest BCUT2D eigenvalue weighted by Gasteiger charge is 2.34. The molecule has 3 N–H and O–H groups in total. The van der Waals surface area contributed by atoms with E-state index in [1.54, 1.807) is 0 Å². The second-order valence-corrected chi connectivity index (χ2v) is 6.00. The highest BCUT2D eigenvalue weighted by molar-refractivity contribution is 5.76. The SMILES string of the molecule is CC(CN)CC(=O)NCC1(N(C)C)CCCCC1. The summed E-state index contributed by atoms with van der Waals surface area (Å²) in [6.45, 7) is 3.37. The number of carbonyl (C=O) groups is 1. The number of nitrogens with one attached hydrogen (secondary N) is 1. The number of rotatable bonds is 6. The molecule has 1 aliphatic carbocycles. The van der Waals surface area contributed by atoms with Gasteiger partial charge in [0.25, 0.3) is 0 Å². The predicted octanol–water partition coefficient (Wildman–Crippen LogP) is 1.35. The molecule has 0 saturated heterocycles. The first-order chi connectivity index (χ1) is 8.50. The molecule has 4 heteroatoms. The van der Waals surface area contributed by atoms with E-state index in [2.05, 4.69) is 24.3 Å². The van der Waals surface area contributed by atoms with E-state index in [0.29, 0.717) is 13.0 Å². The van der Waals surface area contributed by atoms with Gasteiger partial charge < -0.3 is 16.0 Å². The zero-order valence-corrected chi connectivity index (χ0v) is 12.2. The Labute approximate surface area is 111 Å². The van der Waals surface area contributed by atoms with Crippen LogP contribution in [0, 0.1) is 5.92 Å². The molecule has 0 spiro atoms. The lowest BCUT2D eigenvalue weighted by molar-refractivity contribution is -0.122. The van der Waals surface area contributed by atoms with E-state index in [-0.39, 0.29) is 17.4 Å². The van der Waals surface area contributed by atoms with Crippen LogP contribution in [0.2, 0.25) is 0 Å². The summed E-state index contributed by atoms with van der Waals surface area (Å²) in [4.78, 5) is 14.1. The molecule has 1 unspecified atom stereocenters. The highest BCUT2D eigenvalue weighted by Crippen LogP contribution is 2.31. The molecule has 0 aromatic carbocycles. The molecule has 18 heavy (non-hydrogen) atoms. The Bertz CT molecular complexity index is 260. The van der Waals surface area contributed by atoms with E-state index in [1.165, 1.54) is 32.1 Å². The predicted molar refractivity (Wildman–Crippen MR) is 75.3 cm³/mol. The Hall–Kier alpha value is -0.610. The van der Waals surface area contributed by atoms with Gasteiger partial charge in [-0.15, -0.1) is 0 Å². The van der Waals surface area contributed by atoms with Crippen molar-refractivity contribution in [2.45, 2.75) is 51.0 Å². The Morgan fingerprint density at radius 3 is 2.44 bits per heavy atom. The summed E-state index contributed by atoms with van der Waals surface area (Å²) in [6, 6.07) is 0. The summed E-state index contributed by atoms with van der Waals surface area (Å²) in [6.07, 6.45) is 6.79. The van der Waals surface area contributed by atoms with Gasteiger partial charge in [0, 0.05) is 18.5 Å². The van der Waals surface area contributed by atoms with Crippen molar-refractivity contribution in [2.24, 2.45) is 11.7 Å². The zero-order chi connectivity index (χ0) is 13.6. The van der Waals surface area contributed by atoms with Crippen LogP contribution >= 0.6 is 0 Å². The van der Waals surface area contributed by atoms with E-state index in [4.69, 9.17) is 5.73 Å². The van der Waals surface area contributed by atoms with Gasteiger partial charge in [0.15, 0.2) is 0 Å². The number of nitrogens with two attached hydrogens (primary N) is 1. The Balaban J connectivity index is 2.45. The van der Waals surface area contributed by atoms with Crippen molar-refractivity contribution in [1.29, 1.82) is 0 Å². The van der Waals surface area contributed by atoms with Crippen molar-refractivity contribution in [3.63, 3.8) is 0 Å². The molecule has 1 fully saturated rings. The number of hydrogen-bond donors (Lipinski definition) is 2. The molecule has 4 nitrogen and oxygen atoms in total. The Morgan fingerprint density at radius 1 is 1.33 bits per heavy atom. The number of nitrogens with zero attached hydrogens (tertiary/aromatic N) is 1. The molecule has 1 rings (SSSR count). The van der Waals surface area contributed by atoms with Gasteiger partial charge in [-0.1, -0.05) is 26.2 Å². The third kappa shape index (κ3) is 4.25. The maximum absolute atomic E-state index is 11.8. The second-order valence-electron chi connectivity index (χ2n) is 6.00. The van der Waals surface area contributed by atoms with E-state index < -0.39 is 0 Å². The van der Waals surface area contributed by atoms with E-state index in [9.17, 15) is 4.79 Å². The fourth-order valence-corrected chi connectivity index (χ4v) is 2.73. The van der Waals surface area contributed by atoms with Crippen LogP contribution in [0.5, 0.6) is 0 Å². The fraction of sp³-hybridized carbons (Fsp3) is 0.929. The van der Waals surface area contributed by atoms with Gasteiger partial charge in [0.1, 0.15) is 0 Å². The van der Waals surface area contributed by atoms with Crippen LogP contribution in [0.3, 0.4) is 0 Å². The van der Waals surface area contributed by atoms with Crippen molar-refractivity contribution >= 4 is 5.91 Å². The topological polar surface area (TPSA) is 58.4 Å². The van der Waals surface area contributed by atoms with Crippen molar-refractivity contribution < 1.29 is 4.79 Å². The van der Waals surface area contributed by atoms with Crippen LogP contribution in [-0.4, -0.2) is 43.5 Å². The van der Waals surface area contributed by atoms with Crippen molar-refractivity contribution in [3.05, 3.63) is 0 Å². The van der Waals surface area contributed by atoms with Gasteiger partial charge in [-0.05, 0) is 39.4 Å². The number of hydrogen-bond acceptors (Lipinski definition) is 3. The minimum atomic E-state index is 0.139. The van der Waals surface area contributed by atoms with Gasteiger partial charge in [0.2, 0.25) is 5.91 Å². The largest absolute Gasteiger partial charge is 0.354 e. The average Bonchev–Trinajstić information content (AvgIpc) is 2.37. The van der Waals surface area contributed by atoms with Crippen LogP contribution in [-0.2, 0) is 4.79 Å². The van der Waals surface area contributed by atoms with Gasteiger partial charge >= 0.3 is 0 Å². The highest BCUT2D eigenvalue weighted by atomic mass is 16.1. The fourth-order valence-electron chi connectivity index (χ4n) is 2.73. The number of carbonyl (C=O) groups excluding carboxylic acids is 1. The number of likely N-dealkylation sites (N-methyl/N-ethyl adjacent to an activating group) is 1. The van der Waals surface area contributed by atoms with Crippen LogP contribution in [0.15, 0.2) is 0 Å². The molecule has 0 radical (unpaired) electrons. The first-order valence-corrected chi connectivity index (χ1v) is 7.14. The molecule has 0 heterocycles. The zero-order valence-electron chi connectivity index (χ0n) is 12.2. The van der Waals surface area contributed by atoms with Crippen LogP contribution < -0.4 is 11.1 Å². The quantitative estimate of drug-likeness (QED) is 0.753. The van der Waals surface area contributed by atoms with Gasteiger partial charge in [-0.25, -0.2) is 0 Å². The molecule has 0 aliphatic heterocycles. The van der Waals surface area contributed by atoms with E-state index >= 15 is 0 Å². The molecular formula is C14H29N3O. The summed E-state index contributed by atoms with van der Waals surface area (Å²) < 4.78 is 0. The van der Waals surface area contributed by atoms with Crippen molar-refractivity contribution in [2.75, 3.05) is 27.2 Å². The summed E-state index contributed by atoms with van der Waals surface area (Å²) >= 11 is 0. The second kappa shape index (κ2) is 7.10. The molecule has 1 atom stereocenters. The summed E-state index contributed by atoms with van der Waals surface area (Å²) in [5, 5.41) is 3.10. The minimum Gasteiger partial charge on any atom is -0.354 e. The molecule has 0 aromatic rings. The van der Waals surface area contributed by atoms with Gasteiger partial charge in [-0.2, -0.15) is 0 Å². The average molecular weight is 255 g/mol. The molecule has 0 aromatic heterocycles. The van der Waals surface area contributed by atoms with Gasteiger partial charge in [-0.3, -0.25) is 4.79 Å². The molecule has 0 bridgehead atoms.